The van der Waals surface area contributed by atoms with Gasteiger partial charge in [0.1, 0.15) is 11.5 Å². The van der Waals surface area contributed by atoms with E-state index in [4.69, 9.17) is 9.47 Å². The number of nitrogens with one attached hydrogen (secondary N) is 1. The molecule has 1 aliphatic rings. The molecule has 2 aromatic carbocycles. The van der Waals surface area contributed by atoms with E-state index in [2.05, 4.69) is 10.2 Å². The Balaban J connectivity index is 1.48. The monoisotopic (exact) mass is 494 g/mol. The van der Waals surface area contributed by atoms with E-state index < -0.39 is 0 Å². The fourth-order valence-electron chi connectivity index (χ4n) is 4.14. The lowest BCUT2D eigenvalue weighted by atomic mass is 10.2. The maximum absolute atomic E-state index is 12.7. The molecule has 3 rings (SSSR count). The topological polar surface area (TPSA) is 74.4 Å². The smallest absolute Gasteiger partial charge is 0.321 e. The lowest BCUT2D eigenvalue weighted by Crippen LogP contribution is -2.51. The van der Waals surface area contributed by atoms with Crippen molar-refractivity contribution in [1.82, 2.24) is 14.7 Å². The van der Waals surface area contributed by atoms with Gasteiger partial charge < -0.3 is 24.6 Å². The Morgan fingerprint density at radius 2 is 1.81 bits per heavy atom. The summed E-state index contributed by atoms with van der Waals surface area (Å²) in [5, 5.41) is 2.94. The highest BCUT2D eigenvalue weighted by molar-refractivity contribution is 5.89. The van der Waals surface area contributed by atoms with Crippen LogP contribution in [0.5, 0.6) is 11.5 Å². The molecule has 0 spiro atoms. The standard InChI is InChI=1S/C28H38N4O4/c1-4-9-27(33)31(15-8-11-23-10-5-6-14-26(23)36-3)19-16-30-17-20-32(21-18-30)28(34)29-24-12-7-13-25(22-24)35-2/h5-8,10-14,22H,4,9,15-21H2,1-3H3,(H,29,34). The molecule has 0 saturated carbocycles. The summed E-state index contributed by atoms with van der Waals surface area (Å²) in [5.74, 6) is 1.68. The first-order chi connectivity index (χ1) is 17.5. The molecule has 1 N–H and O–H groups in total. The van der Waals surface area contributed by atoms with Crippen molar-refractivity contribution in [3.8, 4) is 11.5 Å². The van der Waals surface area contributed by atoms with Gasteiger partial charge in [-0.1, -0.05) is 43.3 Å². The molecule has 1 fully saturated rings. The molecule has 2 aromatic rings. The van der Waals surface area contributed by atoms with Gasteiger partial charge in [-0.15, -0.1) is 0 Å². The molecule has 1 aliphatic heterocycles. The number of urea groups is 1. The van der Waals surface area contributed by atoms with Gasteiger partial charge in [0.2, 0.25) is 5.91 Å². The van der Waals surface area contributed by atoms with Gasteiger partial charge in [0.25, 0.3) is 0 Å². The number of benzene rings is 2. The van der Waals surface area contributed by atoms with Crippen molar-refractivity contribution < 1.29 is 19.1 Å². The highest BCUT2D eigenvalue weighted by Crippen LogP contribution is 2.19. The van der Waals surface area contributed by atoms with Gasteiger partial charge in [0.15, 0.2) is 0 Å². The zero-order valence-electron chi connectivity index (χ0n) is 21.6. The predicted molar refractivity (Wildman–Crippen MR) is 144 cm³/mol. The van der Waals surface area contributed by atoms with E-state index in [1.807, 2.05) is 71.3 Å². The maximum atomic E-state index is 12.7. The first kappa shape index (κ1) is 27.1. The van der Waals surface area contributed by atoms with Crippen molar-refractivity contribution in [2.45, 2.75) is 19.8 Å². The van der Waals surface area contributed by atoms with Crippen LogP contribution in [-0.2, 0) is 4.79 Å². The molecule has 0 aromatic heterocycles. The first-order valence-corrected chi connectivity index (χ1v) is 12.5. The van der Waals surface area contributed by atoms with E-state index in [9.17, 15) is 9.59 Å². The third-order valence-electron chi connectivity index (χ3n) is 6.25. The Kier molecular flexibility index (Phi) is 10.6. The summed E-state index contributed by atoms with van der Waals surface area (Å²) in [6, 6.07) is 15.1. The predicted octanol–water partition coefficient (Wildman–Crippen LogP) is 4.20. The van der Waals surface area contributed by atoms with Gasteiger partial charge in [0, 0.05) is 69.6 Å². The van der Waals surface area contributed by atoms with Crippen LogP contribution in [0.1, 0.15) is 25.3 Å². The van der Waals surface area contributed by atoms with Crippen molar-refractivity contribution in [1.29, 1.82) is 0 Å². The number of anilines is 1. The van der Waals surface area contributed by atoms with Gasteiger partial charge in [-0.25, -0.2) is 4.79 Å². The van der Waals surface area contributed by atoms with E-state index >= 15 is 0 Å². The van der Waals surface area contributed by atoms with Crippen molar-refractivity contribution in [3.63, 3.8) is 0 Å². The van der Waals surface area contributed by atoms with Crippen LogP contribution in [-0.4, -0.2) is 86.7 Å². The fraction of sp³-hybridized carbons (Fsp3) is 0.429. The minimum absolute atomic E-state index is 0.107. The molecule has 194 valence electrons. The molecule has 1 heterocycles. The molecule has 0 aliphatic carbocycles. The third kappa shape index (κ3) is 8.02. The minimum Gasteiger partial charge on any atom is -0.497 e. The number of hydrogen-bond donors (Lipinski definition) is 1. The van der Waals surface area contributed by atoms with Crippen LogP contribution in [0.2, 0.25) is 0 Å². The lowest BCUT2D eigenvalue weighted by Gasteiger charge is -2.35. The van der Waals surface area contributed by atoms with E-state index in [0.29, 0.717) is 44.0 Å². The summed E-state index contributed by atoms with van der Waals surface area (Å²) < 4.78 is 10.6. The molecular formula is C28H38N4O4. The Bertz CT molecular complexity index is 1020. The Morgan fingerprint density at radius 3 is 2.53 bits per heavy atom. The van der Waals surface area contributed by atoms with Crippen molar-refractivity contribution in [3.05, 3.63) is 60.2 Å². The second-order valence-electron chi connectivity index (χ2n) is 8.72. The van der Waals surface area contributed by atoms with Gasteiger partial charge in [-0.3, -0.25) is 9.69 Å². The molecule has 3 amide bonds. The highest BCUT2D eigenvalue weighted by Gasteiger charge is 2.22. The number of ether oxygens (including phenoxy) is 2. The van der Waals surface area contributed by atoms with Crippen LogP contribution in [0, 0.1) is 0 Å². The first-order valence-electron chi connectivity index (χ1n) is 12.5. The van der Waals surface area contributed by atoms with Crippen molar-refractivity contribution in [2.24, 2.45) is 0 Å². The van der Waals surface area contributed by atoms with Crippen molar-refractivity contribution in [2.75, 3.05) is 65.3 Å². The highest BCUT2D eigenvalue weighted by atomic mass is 16.5. The van der Waals surface area contributed by atoms with Gasteiger partial charge >= 0.3 is 6.03 Å². The quantitative estimate of drug-likeness (QED) is 0.507. The number of carbonyl (C=O) groups excluding carboxylic acids is 2. The molecule has 8 heteroatoms. The summed E-state index contributed by atoms with van der Waals surface area (Å²) in [6.07, 6.45) is 5.39. The van der Waals surface area contributed by atoms with Gasteiger partial charge in [-0.05, 0) is 24.6 Å². The molecule has 0 radical (unpaired) electrons. The number of carbonyl (C=O) groups is 2. The summed E-state index contributed by atoms with van der Waals surface area (Å²) in [4.78, 5) is 31.4. The number of piperazine rings is 1. The van der Waals surface area contributed by atoms with Crippen LogP contribution in [0.25, 0.3) is 6.08 Å². The van der Waals surface area contributed by atoms with Crippen LogP contribution in [0.4, 0.5) is 10.5 Å². The van der Waals surface area contributed by atoms with Gasteiger partial charge in [0.05, 0.1) is 14.2 Å². The van der Waals surface area contributed by atoms with E-state index in [1.165, 1.54) is 0 Å². The molecule has 0 bridgehead atoms. The summed E-state index contributed by atoms with van der Waals surface area (Å²) >= 11 is 0. The SMILES string of the molecule is CCCC(=O)N(CC=Cc1ccccc1OC)CCN1CCN(C(=O)Nc2cccc(OC)c2)CC1. The summed E-state index contributed by atoms with van der Waals surface area (Å²) in [5.41, 5.74) is 1.71. The number of nitrogens with zero attached hydrogens (tertiary/aromatic N) is 3. The van der Waals surface area contributed by atoms with Crippen LogP contribution in [0.3, 0.4) is 0 Å². The molecule has 0 unspecified atom stereocenters. The van der Waals surface area contributed by atoms with E-state index in [1.54, 1.807) is 20.3 Å². The number of rotatable bonds is 11. The normalized spacial score (nSPS) is 14.0. The van der Waals surface area contributed by atoms with E-state index in [-0.39, 0.29) is 11.9 Å². The lowest BCUT2D eigenvalue weighted by molar-refractivity contribution is -0.130. The second-order valence-corrected chi connectivity index (χ2v) is 8.72. The maximum Gasteiger partial charge on any atom is 0.321 e. The molecule has 0 atom stereocenters. The summed E-state index contributed by atoms with van der Waals surface area (Å²) in [7, 11) is 3.26. The second kappa shape index (κ2) is 14.1. The number of amides is 3. The number of para-hydroxylation sites is 1. The average molecular weight is 495 g/mol. The molecule has 1 saturated heterocycles. The number of methoxy groups -OCH3 is 2. The van der Waals surface area contributed by atoms with Crippen LogP contribution < -0.4 is 14.8 Å². The van der Waals surface area contributed by atoms with Crippen LogP contribution in [0.15, 0.2) is 54.6 Å². The summed E-state index contributed by atoms with van der Waals surface area (Å²) in [6.45, 7) is 6.86. The zero-order chi connectivity index (χ0) is 25.8. The van der Waals surface area contributed by atoms with Crippen molar-refractivity contribution >= 4 is 23.7 Å². The Hall–Kier alpha value is -3.52. The average Bonchev–Trinajstić information content (AvgIpc) is 2.91. The molecular weight excluding hydrogens is 456 g/mol. The molecule has 8 nitrogen and oxygen atoms in total. The Morgan fingerprint density at radius 1 is 1.03 bits per heavy atom. The largest absolute Gasteiger partial charge is 0.497 e. The van der Waals surface area contributed by atoms with Crippen LogP contribution >= 0.6 is 0 Å². The third-order valence-corrected chi connectivity index (χ3v) is 6.25. The number of hydrogen-bond acceptors (Lipinski definition) is 5. The fourth-order valence-corrected chi connectivity index (χ4v) is 4.14. The van der Waals surface area contributed by atoms with E-state index in [0.717, 1.165) is 37.4 Å². The zero-order valence-corrected chi connectivity index (χ0v) is 21.6. The Labute approximate surface area is 214 Å². The minimum atomic E-state index is -0.107. The van der Waals surface area contributed by atoms with Gasteiger partial charge in [-0.2, -0.15) is 0 Å². The molecule has 36 heavy (non-hydrogen) atoms.